The fourth-order valence-corrected chi connectivity index (χ4v) is 3.08. The van der Waals surface area contributed by atoms with Crippen molar-refractivity contribution in [2.45, 2.75) is 19.8 Å². The van der Waals surface area contributed by atoms with E-state index in [1.165, 1.54) is 0 Å². The van der Waals surface area contributed by atoms with E-state index in [2.05, 4.69) is 15.8 Å². The maximum atomic E-state index is 12.5. The van der Waals surface area contributed by atoms with Crippen molar-refractivity contribution < 1.29 is 23.6 Å². The van der Waals surface area contributed by atoms with E-state index in [1.54, 1.807) is 50.3 Å². The predicted octanol–water partition coefficient (Wildman–Crippen LogP) is 2.88. The molecule has 9 heteroatoms. The van der Waals surface area contributed by atoms with Crippen LogP contribution in [0.1, 0.15) is 18.6 Å². The van der Waals surface area contributed by atoms with Gasteiger partial charge in [-0.2, -0.15) is 0 Å². The number of carbonyl (C=O) groups is 2. The molecule has 1 aliphatic heterocycles. The number of urea groups is 1. The molecule has 0 saturated carbocycles. The Balaban J connectivity index is 1.53. The first-order valence-corrected chi connectivity index (χ1v) is 9.01. The summed E-state index contributed by atoms with van der Waals surface area (Å²) in [5, 5.41) is 9.37. The number of benzene rings is 1. The SMILES string of the molecule is COc1cc(NC(=O)N2CCC(C(=O)Nc3cc(C)on3)CC2)cc(OC)c1. The van der Waals surface area contributed by atoms with Crippen LogP contribution in [0.2, 0.25) is 0 Å². The molecule has 0 aliphatic carbocycles. The Labute approximate surface area is 163 Å². The highest BCUT2D eigenvalue weighted by molar-refractivity contribution is 5.92. The molecule has 1 saturated heterocycles. The first-order chi connectivity index (χ1) is 13.5. The number of likely N-dealkylation sites (tertiary alicyclic amines) is 1. The first kappa shape index (κ1) is 19.5. The van der Waals surface area contributed by atoms with Crippen LogP contribution < -0.4 is 20.1 Å². The van der Waals surface area contributed by atoms with Crippen LogP contribution in [0, 0.1) is 12.8 Å². The number of aromatic nitrogens is 1. The zero-order chi connectivity index (χ0) is 20.1. The standard InChI is InChI=1S/C19H24N4O5/c1-12-8-17(22-28-12)21-18(24)13-4-6-23(7-5-13)19(25)20-14-9-15(26-2)11-16(10-14)27-3/h8-11,13H,4-7H2,1-3H3,(H,20,25)(H,21,22,24). The maximum absolute atomic E-state index is 12.5. The van der Waals surface area contributed by atoms with E-state index in [9.17, 15) is 9.59 Å². The second-order valence-electron chi connectivity index (χ2n) is 6.60. The molecule has 0 bridgehead atoms. The summed E-state index contributed by atoms with van der Waals surface area (Å²) in [7, 11) is 3.10. The van der Waals surface area contributed by atoms with Gasteiger partial charge in [-0.25, -0.2) is 4.79 Å². The average molecular weight is 388 g/mol. The molecule has 2 heterocycles. The topological polar surface area (TPSA) is 106 Å². The Morgan fingerprint density at radius 3 is 2.25 bits per heavy atom. The van der Waals surface area contributed by atoms with Gasteiger partial charge in [-0.1, -0.05) is 5.16 Å². The zero-order valence-electron chi connectivity index (χ0n) is 16.2. The van der Waals surface area contributed by atoms with Gasteiger partial charge in [0.1, 0.15) is 17.3 Å². The first-order valence-electron chi connectivity index (χ1n) is 9.01. The highest BCUT2D eigenvalue weighted by atomic mass is 16.5. The third-order valence-corrected chi connectivity index (χ3v) is 4.63. The molecule has 0 atom stereocenters. The molecule has 9 nitrogen and oxygen atoms in total. The van der Waals surface area contributed by atoms with E-state index >= 15 is 0 Å². The maximum Gasteiger partial charge on any atom is 0.321 e. The molecule has 0 radical (unpaired) electrons. The minimum atomic E-state index is -0.221. The van der Waals surface area contributed by atoms with Gasteiger partial charge in [0.05, 0.1) is 14.2 Å². The van der Waals surface area contributed by atoms with Crippen LogP contribution in [-0.4, -0.2) is 49.3 Å². The van der Waals surface area contributed by atoms with E-state index in [1.807, 2.05) is 0 Å². The fraction of sp³-hybridized carbons (Fsp3) is 0.421. The van der Waals surface area contributed by atoms with Crippen molar-refractivity contribution in [3.05, 3.63) is 30.0 Å². The Morgan fingerprint density at radius 2 is 1.71 bits per heavy atom. The molecular formula is C19H24N4O5. The van der Waals surface area contributed by atoms with Crippen LogP contribution in [0.3, 0.4) is 0 Å². The number of anilines is 2. The van der Waals surface area contributed by atoms with Crippen LogP contribution in [0.25, 0.3) is 0 Å². The van der Waals surface area contributed by atoms with Gasteiger partial charge < -0.3 is 29.5 Å². The lowest BCUT2D eigenvalue weighted by atomic mass is 9.96. The number of methoxy groups -OCH3 is 2. The van der Waals surface area contributed by atoms with Gasteiger partial charge in [-0.15, -0.1) is 0 Å². The highest BCUT2D eigenvalue weighted by Crippen LogP contribution is 2.26. The van der Waals surface area contributed by atoms with E-state index in [4.69, 9.17) is 14.0 Å². The molecular weight excluding hydrogens is 364 g/mol. The van der Waals surface area contributed by atoms with Crippen molar-refractivity contribution in [1.82, 2.24) is 10.1 Å². The van der Waals surface area contributed by atoms with Gasteiger partial charge in [0.25, 0.3) is 0 Å². The molecule has 28 heavy (non-hydrogen) atoms. The number of nitrogens with one attached hydrogen (secondary N) is 2. The van der Waals surface area contributed by atoms with Crippen molar-refractivity contribution in [2.75, 3.05) is 37.9 Å². The number of hydrogen-bond donors (Lipinski definition) is 2. The smallest absolute Gasteiger partial charge is 0.321 e. The lowest BCUT2D eigenvalue weighted by Gasteiger charge is -2.31. The number of aryl methyl sites for hydroxylation is 1. The van der Waals surface area contributed by atoms with E-state index in [-0.39, 0.29) is 17.9 Å². The third-order valence-electron chi connectivity index (χ3n) is 4.63. The summed E-state index contributed by atoms with van der Waals surface area (Å²) in [5.74, 6) is 1.95. The molecule has 2 N–H and O–H groups in total. The lowest BCUT2D eigenvalue weighted by molar-refractivity contribution is -0.121. The van der Waals surface area contributed by atoms with Crippen molar-refractivity contribution >= 4 is 23.4 Å². The quantitative estimate of drug-likeness (QED) is 0.816. The zero-order valence-corrected chi connectivity index (χ0v) is 16.2. The summed E-state index contributed by atoms with van der Waals surface area (Å²) in [6, 6.07) is 6.63. The predicted molar refractivity (Wildman–Crippen MR) is 103 cm³/mol. The third kappa shape index (κ3) is 4.73. The van der Waals surface area contributed by atoms with Gasteiger partial charge in [-0.3, -0.25) is 4.79 Å². The molecule has 0 spiro atoms. The van der Waals surface area contributed by atoms with Crippen molar-refractivity contribution in [3.63, 3.8) is 0 Å². The second-order valence-corrected chi connectivity index (χ2v) is 6.60. The van der Waals surface area contributed by atoms with Gasteiger partial charge in [0.15, 0.2) is 5.82 Å². The van der Waals surface area contributed by atoms with Crippen LogP contribution in [0.4, 0.5) is 16.3 Å². The molecule has 1 aliphatic rings. The van der Waals surface area contributed by atoms with Gasteiger partial charge in [0.2, 0.25) is 5.91 Å². The largest absolute Gasteiger partial charge is 0.497 e. The molecule has 3 amide bonds. The highest BCUT2D eigenvalue weighted by Gasteiger charge is 2.28. The molecule has 3 rings (SSSR count). The molecule has 0 unspecified atom stereocenters. The van der Waals surface area contributed by atoms with Crippen LogP contribution in [0.15, 0.2) is 28.8 Å². The number of nitrogens with zero attached hydrogens (tertiary/aromatic N) is 2. The summed E-state index contributed by atoms with van der Waals surface area (Å²) >= 11 is 0. The normalized spacial score (nSPS) is 14.5. The second kappa shape index (κ2) is 8.64. The molecule has 150 valence electrons. The Hall–Kier alpha value is -3.23. The number of amides is 3. The van der Waals surface area contributed by atoms with Crippen molar-refractivity contribution in [3.8, 4) is 11.5 Å². The Bertz CT molecular complexity index is 820. The number of ether oxygens (including phenoxy) is 2. The summed E-state index contributed by atoms with van der Waals surface area (Å²) < 4.78 is 15.4. The van der Waals surface area contributed by atoms with Crippen LogP contribution in [-0.2, 0) is 4.79 Å². The van der Waals surface area contributed by atoms with E-state index in [0.717, 1.165) is 0 Å². The minimum Gasteiger partial charge on any atom is -0.497 e. The van der Waals surface area contributed by atoms with Crippen LogP contribution in [0.5, 0.6) is 11.5 Å². The molecule has 1 fully saturated rings. The molecule has 2 aromatic rings. The van der Waals surface area contributed by atoms with Gasteiger partial charge in [-0.05, 0) is 19.8 Å². The van der Waals surface area contributed by atoms with Gasteiger partial charge in [0, 0.05) is 49.0 Å². The monoisotopic (exact) mass is 388 g/mol. The van der Waals surface area contributed by atoms with Crippen molar-refractivity contribution in [1.29, 1.82) is 0 Å². The van der Waals surface area contributed by atoms with E-state index < -0.39 is 0 Å². The minimum absolute atomic E-state index is 0.106. The summed E-state index contributed by atoms with van der Waals surface area (Å²) in [6.45, 7) is 2.74. The van der Waals surface area contributed by atoms with Crippen molar-refractivity contribution in [2.24, 2.45) is 5.92 Å². The summed E-state index contributed by atoms with van der Waals surface area (Å²) in [5.41, 5.74) is 0.586. The average Bonchev–Trinajstić information content (AvgIpc) is 3.12. The fourth-order valence-electron chi connectivity index (χ4n) is 3.08. The Kier molecular flexibility index (Phi) is 6.03. The molecule has 1 aromatic heterocycles. The van der Waals surface area contributed by atoms with Gasteiger partial charge >= 0.3 is 6.03 Å². The summed E-state index contributed by atoms with van der Waals surface area (Å²) in [4.78, 5) is 26.6. The van der Waals surface area contributed by atoms with E-state index in [0.29, 0.717) is 54.7 Å². The number of piperidine rings is 1. The number of rotatable bonds is 5. The summed E-state index contributed by atoms with van der Waals surface area (Å²) in [6.07, 6.45) is 1.16. The lowest BCUT2D eigenvalue weighted by Crippen LogP contribution is -2.43. The van der Waals surface area contributed by atoms with Crippen LogP contribution >= 0.6 is 0 Å². The Morgan fingerprint density at radius 1 is 1.07 bits per heavy atom. The molecule has 1 aromatic carbocycles. The number of hydrogen-bond acceptors (Lipinski definition) is 6. The number of carbonyl (C=O) groups excluding carboxylic acids is 2.